The predicted molar refractivity (Wildman–Crippen MR) is 169 cm³/mol. The Hall–Kier alpha value is -3.64. The van der Waals surface area contributed by atoms with Gasteiger partial charge in [-0.1, -0.05) is 136 Å². The maximum absolute atomic E-state index is 2.57. The van der Waals surface area contributed by atoms with Gasteiger partial charge in [0.15, 0.2) is 0 Å². The molecule has 0 amide bonds. The monoisotopic (exact) mass is 508 g/mol. The van der Waals surface area contributed by atoms with Crippen molar-refractivity contribution in [2.75, 3.05) is 0 Å². The van der Waals surface area contributed by atoms with Gasteiger partial charge in [0.05, 0.1) is 0 Å². The van der Waals surface area contributed by atoms with E-state index in [1.54, 1.807) is 11.1 Å². The zero-order valence-electron chi connectivity index (χ0n) is 24.0. The van der Waals surface area contributed by atoms with Crippen molar-refractivity contribution in [2.45, 2.75) is 66.2 Å². The molecule has 39 heavy (non-hydrogen) atoms. The van der Waals surface area contributed by atoms with E-state index in [1.807, 2.05) is 0 Å². The van der Waals surface area contributed by atoms with Gasteiger partial charge in [0.25, 0.3) is 0 Å². The van der Waals surface area contributed by atoms with Crippen LogP contribution in [-0.4, -0.2) is 0 Å². The minimum Gasteiger partial charge on any atom is -0.0642 e. The molecule has 0 saturated heterocycles. The molecule has 0 heteroatoms. The fraction of sp³-hybridized carbons (Fsp3) is 0.282. The Balaban J connectivity index is 1.44. The largest absolute Gasteiger partial charge is 0.0642 e. The summed E-state index contributed by atoms with van der Waals surface area (Å²) >= 11 is 0. The molecule has 0 heterocycles. The zero-order chi connectivity index (χ0) is 27.0. The van der Waals surface area contributed by atoms with Gasteiger partial charge in [0, 0.05) is 5.41 Å². The first-order valence-electron chi connectivity index (χ1n) is 15.0. The highest BCUT2D eigenvalue weighted by Gasteiger charge is 2.39. The fourth-order valence-corrected chi connectivity index (χ4v) is 7.37. The van der Waals surface area contributed by atoms with Crippen LogP contribution in [0, 0.1) is 5.41 Å². The van der Waals surface area contributed by atoms with E-state index in [9.17, 15) is 0 Å². The number of allylic oxidation sites excluding steroid dienone is 2. The summed E-state index contributed by atoms with van der Waals surface area (Å²) < 4.78 is 0. The van der Waals surface area contributed by atoms with E-state index in [0.29, 0.717) is 0 Å². The Morgan fingerprint density at radius 2 is 0.897 bits per heavy atom. The van der Waals surface area contributed by atoms with E-state index in [-0.39, 0.29) is 5.41 Å². The van der Waals surface area contributed by atoms with Crippen LogP contribution in [0.2, 0.25) is 0 Å². The topological polar surface area (TPSA) is 0 Å². The first kappa shape index (κ1) is 25.6. The quantitative estimate of drug-likeness (QED) is 0.222. The van der Waals surface area contributed by atoms with E-state index >= 15 is 0 Å². The molecule has 6 rings (SSSR count). The number of benzene rings is 4. The van der Waals surface area contributed by atoms with Crippen molar-refractivity contribution in [1.29, 1.82) is 0 Å². The highest BCUT2D eigenvalue weighted by molar-refractivity contribution is 5.85. The molecule has 2 aliphatic rings. The van der Waals surface area contributed by atoms with Crippen molar-refractivity contribution < 1.29 is 0 Å². The molecule has 0 aromatic heterocycles. The van der Waals surface area contributed by atoms with Crippen LogP contribution in [0.1, 0.15) is 73.9 Å². The van der Waals surface area contributed by atoms with Gasteiger partial charge < -0.3 is 0 Å². The van der Waals surface area contributed by atoms with E-state index < -0.39 is 0 Å². The van der Waals surface area contributed by atoms with Gasteiger partial charge in [0.2, 0.25) is 0 Å². The van der Waals surface area contributed by atoms with E-state index in [2.05, 4.69) is 125 Å². The minimum absolute atomic E-state index is 0.0845. The molecule has 4 aromatic rings. The predicted octanol–water partition coefficient (Wildman–Crippen LogP) is 10.5. The van der Waals surface area contributed by atoms with Crippen LogP contribution >= 0.6 is 0 Å². The Kier molecular flexibility index (Phi) is 6.90. The Morgan fingerprint density at radius 3 is 1.31 bits per heavy atom. The van der Waals surface area contributed by atoms with Crippen molar-refractivity contribution in [3.63, 3.8) is 0 Å². The normalized spacial score (nSPS) is 14.2. The second-order valence-electron chi connectivity index (χ2n) is 11.3. The lowest BCUT2D eigenvalue weighted by molar-refractivity contribution is 0.390. The van der Waals surface area contributed by atoms with Gasteiger partial charge in [-0.25, -0.2) is 0 Å². The van der Waals surface area contributed by atoms with E-state index in [1.165, 1.54) is 55.6 Å². The molecule has 196 valence electrons. The molecule has 0 bridgehead atoms. The van der Waals surface area contributed by atoms with Crippen molar-refractivity contribution in [3.05, 3.63) is 129 Å². The van der Waals surface area contributed by atoms with Crippen LogP contribution in [0.4, 0.5) is 0 Å². The minimum atomic E-state index is 0.0845. The maximum atomic E-state index is 2.57. The zero-order valence-corrected chi connectivity index (χ0v) is 24.0. The van der Waals surface area contributed by atoms with Crippen molar-refractivity contribution in [2.24, 2.45) is 5.41 Å². The average molecular weight is 509 g/mol. The summed E-state index contributed by atoms with van der Waals surface area (Å²) in [5.41, 5.74) is 17.5. The Morgan fingerprint density at radius 1 is 0.487 bits per heavy atom. The number of hydrogen-bond donors (Lipinski definition) is 0. The molecular weight excluding hydrogens is 468 g/mol. The number of hydrogen-bond acceptors (Lipinski definition) is 0. The Bertz CT molecular complexity index is 1470. The van der Waals surface area contributed by atoms with Crippen LogP contribution in [0.25, 0.3) is 34.4 Å². The third-order valence-electron chi connectivity index (χ3n) is 9.61. The SMILES string of the molecule is CCc1ccccc1-c1cccc2c1C=C(C(CC)(CC)C1=Cc3c(cccc3-c3ccccc3CC)C1)C2. The van der Waals surface area contributed by atoms with Crippen molar-refractivity contribution in [3.8, 4) is 22.3 Å². The molecule has 0 saturated carbocycles. The number of rotatable bonds is 8. The lowest BCUT2D eigenvalue weighted by Gasteiger charge is -2.35. The summed E-state index contributed by atoms with van der Waals surface area (Å²) in [4.78, 5) is 0. The van der Waals surface area contributed by atoms with Crippen LogP contribution < -0.4 is 0 Å². The fourth-order valence-electron chi connectivity index (χ4n) is 7.37. The highest BCUT2D eigenvalue weighted by atomic mass is 14.4. The van der Waals surface area contributed by atoms with Crippen molar-refractivity contribution >= 4 is 12.2 Å². The molecule has 0 spiro atoms. The van der Waals surface area contributed by atoms with Crippen LogP contribution in [0.5, 0.6) is 0 Å². The molecule has 0 fully saturated rings. The van der Waals surface area contributed by atoms with Gasteiger partial charge in [-0.05, 0) is 94.2 Å². The van der Waals surface area contributed by atoms with Gasteiger partial charge in [-0.3, -0.25) is 0 Å². The summed E-state index contributed by atoms with van der Waals surface area (Å²) in [7, 11) is 0. The summed E-state index contributed by atoms with van der Waals surface area (Å²) in [5.74, 6) is 0. The van der Waals surface area contributed by atoms with Crippen LogP contribution in [0.15, 0.2) is 96.1 Å². The molecule has 0 N–H and O–H groups in total. The van der Waals surface area contributed by atoms with E-state index in [4.69, 9.17) is 0 Å². The summed E-state index contributed by atoms with van der Waals surface area (Å²) in [6.45, 7) is 9.33. The van der Waals surface area contributed by atoms with Gasteiger partial charge >= 0.3 is 0 Å². The molecular formula is C39H40. The lowest BCUT2D eigenvalue weighted by atomic mass is 9.68. The number of fused-ring (bicyclic) bond motifs is 2. The van der Waals surface area contributed by atoms with Gasteiger partial charge in [-0.15, -0.1) is 0 Å². The lowest BCUT2D eigenvalue weighted by Crippen LogP contribution is -2.25. The summed E-state index contributed by atoms with van der Waals surface area (Å²) in [6.07, 6.45) is 11.6. The molecule has 2 aliphatic carbocycles. The molecule has 4 aromatic carbocycles. The third kappa shape index (κ3) is 4.22. The van der Waals surface area contributed by atoms with Crippen LogP contribution in [0.3, 0.4) is 0 Å². The Labute approximate surface area is 235 Å². The first-order valence-corrected chi connectivity index (χ1v) is 15.0. The van der Waals surface area contributed by atoms with Gasteiger partial charge in [0.1, 0.15) is 0 Å². The van der Waals surface area contributed by atoms with Gasteiger partial charge in [-0.2, -0.15) is 0 Å². The maximum Gasteiger partial charge on any atom is 0.0129 e. The van der Waals surface area contributed by atoms with Crippen molar-refractivity contribution in [1.82, 2.24) is 0 Å². The highest BCUT2D eigenvalue weighted by Crippen LogP contribution is 2.52. The number of aryl methyl sites for hydroxylation is 2. The molecule has 0 radical (unpaired) electrons. The van der Waals surface area contributed by atoms with E-state index in [0.717, 1.165) is 38.5 Å². The smallest absolute Gasteiger partial charge is 0.0129 e. The summed E-state index contributed by atoms with van der Waals surface area (Å²) in [5, 5.41) is 0. The molecule has 0 aliphatic heterocycles. The molecule has 0 atom stereocenters. The standard InChI is InChI=1S/C39H40/c1-5-27-15-9-11-19-33(27)35-21-13-17-29-23-31(25-37(29)35)39(7-3,8-4)32-24-30-18-14-22-36(38(30)26-32)34-20-12-10-16-28(34)6-2/h9-22,25-26H,5-8,23-24H2,1-4H3. The first-order chi connectivity index (χ1) is 19.1. The summed E-state index contributed by atoms with van der Waals surface area (Å²) in [6, 6.07) is 31.8. The second kappa shape index (κ2) is 10.5. The third-order valence-corrected chi connectivity index (χ3v) is 9.61. The van der Waals surface area contributed by atoms with Crippen LogP contribution in [-0.2, 0) is 25.7 Å². The average Bonchev–Trinajstić information content (AvgIpc) is 3.63. The molecule has 0 nitrogen and oxygen atoms in total. The second-order valence-corrected chi connectivity index (χ2v) is 11.3. The molecule has 0 unspecified atom stereocenters.